The molecule has 28 heavy (non-hydrogen) atoms. The van der Waals surface area contributed by atoms with Crippen LogP contribution in [0, 0.1) is 23.3 Å². The number of hydrogen-bond acceptors (Lipinski definition) is 3. The lowest BCUT2D eigenvalue weighted by molar-refractivity contribution is -0.0498. The van der Waals surface area contributed by atoms with Crippen molar-refractivity contribution in [2.45, 2.75) is 6.61 Å². The molecule has 0 aliphatic heterocycles. The molecule has 0 fully saturated rings. The molecular formula is C17H9F6N3O2. The second-order valence-electron chi connectivity index (χ2n) is 5.37. The van der Waals surface area contributed by atoms with Crippen molar-refractivity contribution in [2.24, 2.45) is 0 Å². The van der Waals surface area contributed by atoms with Gasteiger partial charge in [-0.3, -0.25) is 9.89 Å². The number of benzene rings is 2. The molecule has 5 nitrogen and oxygen atoms in total. The van der Waals surface area contributed by atoms with Crippen molar-refractivity contribution in [3.63, 3.8) is 0 Å². The highest BCUT2D eigenvalue weighted by molar-refractivity contribution is 6.03. The van der Waals surface area contributed by atoms with Crippen LogP contribution < -0.4 is 10.1 Å². The minimum atomic E-state index is -2.99. The first kappa shape index (κ1) is 19.3. The highest BCUT2D eigenvalue weighted by atomic mass is 19.3. The van der Waals surface area contributed by atoms with E-state index < -0.39 is 41.5 Å². The number of ether oxygens (including phenoxy) is 1. The van der Waals surface area contributed by atoms with E-state index in [9.17, 15) is 31.1 Å². The molecule has 3 aromatic rings. The summed E-state index contributed by atoms with van der Waals surface area (Å²) < 4.78 is 82.1. The maximum absolute atomic E-state index is 13.6. The molecule has 0 bridgehead atoms. The first-order chi connectivity index (χ1) is 13.3. The highest BCUT2D eigenvalue weighted by Crippen LogP contribution is 2.26. The Morgan fingerprint density at radius 3 is 2.18 bits per heavy atom. The van der Waals surface area contributed by atoms with E-state index >= 15 is 0 Å². The van der Waals surface area contributed by atoms with Gasteiger partial charge in [0.25, 0.3) is 5.91 Å². The Labute approximate surface area is 152 Å². The minimum Gasteiger partial charge on any atom is -0.435 e. The number of carbonyl (C=O) groups is 1. The van der Waals surface area contributed by atoms with Crippen molar-refractivity contribution in [3.8, 4) is 17.0 Å². The number of nitrogens with zero attached hydrogens (tertiary/aromatic N) is 1. The summed E-state index contributed by atoms with van der Waals surface area (Å²) in [6, 6.07) is 6.46. The van der Waals surface area contributed by atoms with E-state index in [-0.39, 0.29) is 23.2 Å². The Morgan fingerprint density at radius 2 is 1.61 bits per heavy atom. The molecule has 0 unspecified atom stereocenters. The van der Waals surface area contributed by atoms with E-state index in [2.05, 4.69) is 14.9 Å². The van der Waals surface area contributed by atoms with Crippen LogP contribution >= 0.6 is 0 Å². The van der Waals surface area contributed by atoms with E-state index in [0.29, 0.717) is 5.56 Å². The molecule has 0 saturated heterocycles. The van der Waals surface area contributed by atoms with Gasteiger partial charge in [-0.05, 0) is 30.3 Å². The molecule has 2 aromatic carbocycles. The van der Waals surface area contributed by atoms with Crippen molar-refractivity contribution in [3.05, 3.63) is 65.4 Å². The number of alkyl halides is 2. The molecule has 2 N–H and O–H groups in total. The summed E-state index contributed by atoms with van der Waals surface area (Å²) in [6.45, 7) is -2.99. The van der Waals surface area contributed by atoms with Crippen LogP contribution in [-0.2, 0) is 0 Å². The van der Waals surface area contributed by atoms with Gasteiger partial charge in [-0.15, -0.1) is 0 Å². The summed E-state index contributed by atoms with van der Waals surface area (Å²) in [5.41, 5.74) is -0.954. The summed E-state index contributed by atoms with van der Waals surface area (Å²) in [4.78, 5) is 12.1. The number of carbonyl (C=O) groups excluding carboxylic acids is 1. The molecule has 3 rings (SSSR count). The van der Waals surface area contributed by atoms with Gasteiger partial charge in [0.2, 0.25) is 0 Å². The highest BCUT2D eigenvalue weighted by Gasteiger charge is 2.22. The summed E-state index contributed by atoms with van der Waals surface area (Å²) in [5.74, 6) is -8.08. The monoisotopic (exact) mass is 401 g/mol. The Balaban J connectivity index is 1.80. The number of halogens is 6. The Morgan fingerprint density at radius 1 is 1.00 bits per heavy atom. The third-order valence-electron chi connectivity index (χ3n) is 3.55. The number of anilines is 1. The van der Waals surface area contributed by atoms with Gasteiger partial charge < -0.3 is 10.1 Å². The smallest absolute Gasteiger partial charge is 0.387 e. The first-order valence-electron chi connectivity index (χ1n) is 7.51. The van der Waals surface area contributed by atoms with Crippen LogP contribution in [0.25, 0.3) is 11.3 Å². The molecule has 0 aliphatic rings. The molecule has 0 atom stereocenters. The van der Waals surface area contributed by atoms with E-state index in [1.54, 1.807) is 5.32 Å². The second kappa shape index (κ2) is 7.62. The lowest BCUT2D eigenvalue weighted by Gasteiger charge is -2.07. The first-order valence-corrected chi connectivity index (χ1v) is 7.51. The van der Waals surface area contributed by atoms with E-state index in [0.717, 1.165) is 0 Å². The van der Waals surface area contributed by atoms with Crippen LogP contribution in [0.15, 0.2) is 36.4 Å². The number of rotatable bonds is 5. The van der Waals surface area contributed by atoms with Gasteiger partial charge in [0, 0.05) is 11.6 Å². The summed E-state index contributed by atoms with van der Waals surface area (Å²) in [6.07, 6.45) is 0. The number of nitrogens with one attached hydrogen (secondary N) is 2. The number of amides is 1. The summed E-state index contributed by atoms with van der Waals surface area (Å²) in [7, 11) is 0. The molecule has 0 aliphatic carbocycles. The van der Waals surface area contributed by atoms with Gasteiger partial charge in [0.15, 0.2) is 23.3 Å². The van der Waals surface area contributed by atoms with Gasteiger partial charge in [0.1, 0.15) is 17.1 Å². The number of aromatic nitrogens is 2. The average molecular weight is 401 g/mol. The second-order valence-corrected chi connectivity index (χ2v) is 5.37. The Bertz CT molecular complexity index is 994. The molecule has 1 amide bonds. The molecule has 146 valence electrons. The van der Waals surface area contributed by atoms with Gasteiger partial charge in [-0.1, -0.05) is 0 Å². The third-order valence-corrected chi connectivity index (χ3v) is 3.55. The lowest BCUT2D eigenvalue weighted by Crippen LogP contribution is -2.16. The third kappa shape index (κ3) is 3.92. The predicted molar refractivity (Wildman–Crippen MR) is 84.9 cm³/mol. The van der Waals surface area contributed by atoms with Gasteiger partial charge in [0.05, 0.1) is 5.69 Å². The molecular weight excluding hydrogens is 392 g/mol. The maximum Gasteiger partial charge on any atom is 0.387 e. The lowest BCUT2D eigenvalue weighted by atomic mass is 10.1. The van der Waals surface area contributed by atoms with Crippen LogP contribution in [0.1, 0.15) is 10.5 Å². The standard InChI is InChI=1S/C17H9F6N3O2/c18-9-5-10(19)14(21)15(13(9)20)24-16(27)12-6-11(25-26-12)7-1-3-8(4-2-7)28-17(22)23/h1-6,17H,(H,24,27)(H,25,26). The van der Waals surface area contributed by atoms with Crippen molar-refractivity contribution in [1.82, 2.24) is 10.2 Å². The number of H-pyrrole nitrogens is 1. The molecule has 11 heteroatoms. The minimum absolute atomic E-state index is 0.00996. The zero-order chi connectivity index (χ0) is 20.4. The average Bonchev–Trinajstić information content (AvgIpc) is 3.14. The van der Waals surface area contributed by atoms with Crippen LogP contribution in [0.3, 0.4) is 0 Å². The molecule has 0 saturated carbocycles. The number of hydrogen-bond donors (Lipinski definition) is 2. The van der Waals surface area contributed by atoms with Gasteiger partial charge in [-0.2, -0.15) is 13.9 Å². The van der Waals surface area contributed by atoms with Crippen molar-refractivity contribution < 1.29 is 35.9 Å². The van der Waals surface area contributed by atoms with E-state index in [1.165, 1.54) is 30.3 Å². The quantitative estimate of drug-likeness (QED) is 0.489. The summed E-state index contributed by atoms with van der Waals surface area (Å²) in [5, 5.41) is 7.83. The predicted octanol–water partition coefficient (Wildman–Crippen LogP) is 4.49. The fourth-order valence-electron chi connectivity index (χ4n) is 2.26. The summed E-state index contributed by atoms with van der Waals surface area (Å²) >= 11 is 0. The van der Waals surface area contributed by atoms with Crippen LogP contribution in [0.5, 0.6) is 5.75 Å². The van der Waals surface area contributed by atoms with Crippen LogP contribution in [0.4, 0.5) is 32.0 Å². The van der Waals surface area contributed by atoms with Crippen molar-refractivity contribution >= 4 is 11.6 Å². The maximum atomic E-state index is 13.6. The number of aromatic amines is 1. The normalized spacial score (nSPS) is 11.0. The zero-order valence-corrected chi connectivity index (χ0v) is 13.6. The molecule has 0 radical (unpaired) electrons. The molecule has 1 heterocycles. The topological polar surface area (TPSA) is 67.0 Å². The largest absolute Gasteiger partial charge is 0.435 e. The van der Waals surface area contributed by atoms with Gasteiger partial charge >= 0.3 is 6.61 Å². The fourth-order valence-corrected chi connectivity index (χ4v) is 2.26. The SMILES string of the molecule is O=C(Nc1c(F)c(F)cc(F)c1F)c1cc(-c2ccc(OC(F)F)cc2)n[nH]1. The van der Waals surface area contributed by atoms with Crippen molar-refractivity contribution in [2.75, 3.05) is 5.32 Å². The van der Waals surface area contributed by atoms with Crippen molar-refractivity contribution in [1.29, 1.82) is 0 Å². The van der Waals surface area contributed by atoms with Crippen LogP contribution in [0.2, 0.25) is 0 Å². The fraction of sp³-hybridized carbons (Fsp3) is 0.0588. The zero-order valence-electron chi connectivity index (χ0n) is 13.6. The van der Waals surface area contributed by atoms with Crippen LogP contribution in [-0.4, -0.2) is 22.7 Å². The van der Waals surface area contributed by atoms with E-state index in [4.69, 9.17) is 0 Å². The Kier molecular flexibility index (Phi) is 5.25. The van der Waals surface area contributed by atoms with Gasteiger partial charge in [-0.25, -0.2) is 17.6 Å². The Hall–Kier alpha value is -3.50. The molecule has 1 aromatic heterocycles. The molecule has 0 spiro atoms. The van der Waals surface area contributed by atoms with E-state index in [1.807, 2.05) is 0 Å².